The molecule has 0 aromatic heterocycles. The number of para-hydroxylation sites is 1. The molecule has 132 valence electrons. The molecule has 2 unspecified atom stereocenters. The van der Waals surface area contributed by atoms with Crippen LogP contribution >= 0.6 is 23.5 Å². The van der Waals surface area contributed by atoms with Gasteiger partial charge in [0.1, 0.15) is 23.1 Å². The molecule has 2 atom stereocenters. The first-order valence-electron chi connectivity index (χ1n) is 8.18. The molecule has 2 aromatic rings. The molecule has 1 N–H and O–H groups in total. The van der Waals surface area contributed by atoms with Gasteiger partial charge in [0.25, 0.3) is 5.78 Å². The lowest BCUT2D eigenvalue weighted by Gasteiger charge is -2.08. The summed E-state index contributed by atoms with van der Waals surface area (Å²) in [5.41, 5.74) is 1.92. The Balaban J connectivity index is 1.35. The quantitative estimate of drug-likeness (QED) is 0.630. The summed E-state index contributed by atoms with van der Waals surface area (Å²) >= 11 is 3.19. The first-order valence-corrected chi connectivity index (χ1v) is 10.0. The second-order valence-electron chi connectivity index (χ2n) is 5.86. The van der Waals surface area contributed by atoms with E-state index in [1.165, 1.54) is 11.8 Å². The third-order valence-electron chi connectivity index (χ3n) is 4.03. The molecule has 0 bridgehead atoms. The van der Waals surface area contributed by atoms with Crippen LogP contribution in [0, 0.1) is 0 Å². The van der Waals surface area contributed by atoms with Gasteiger partial charge in [-0.25, -0.2) is 4.79 Å². The molecular weight excluding hydrogens is 368 g/mol. The second kappa shape index (κ2) is 7.55. The van der Waals surface area contributed by atoms with Gasteiger partial charge in [-0.2, -0.15) is 0 Å². The number of fused-ring (bicyclic) bond motifs is 1. The van der Waals surface area contributed by atoms with Crippen molar-refractivity contribution in [1.29, 1.82) is 0 Å². The monoisotopic (exact) mass is 384 g/mol. The molecule has 5 nitrogen and oxygen atoms in total. The Morgan fingerprint density at radius 3 is 2.69 bits per heavy atom. The first-order chi connectivity index (χ1) is 12.7. The summed E-state index contributed by atoms with van der Waals surface area (Å²) < 4.78 is 5.13. The number of rotatable bonds is 5. The number of hydrogen-bond donors (Lipinski definition) is 1. The zero-order valence-electron chi connectivity index (χ0n) is 13.8. The molecule has 0 saturated carbocycles. The summed E-state index contributed by atoms with van der Waals surface area (Å²) in [5.74, 6) is -0.923. The van der Waals surface area contributed by atoms with E-state index in [0.29, 0.717) is 5.75 Å². The molecule has 0 fully saturated rings. The first kappa shape index (κ1) is 17.2. The summed E-state index contributed by atoms with van der Waals surface area (Å²) in [6.45, 7) is 0.0944. The van der Waals surface area contributed by atoms with Gasteiger partial charge in [0.2, 0.25) is 0 Å². The van der Waals surface area contributed by atoms with E-state index in [1.54, 1.807) is 11.8 Å². The average Bonchev–Trinajstić information content (AvgIpc) is 3.33. The largest absolute Gasteiger partial charge is 0.455 e. The van der Waals surface area contributed by atoms with E-state index < -0.39 is 17.8 Å². The second-order valence-corrected chi connectivity index (χ2v) is 8.05. The lowest BCUT2D eigenvalue weighted by molar-refractivity contribution is -0.155. The molecule has 2 aliphatic rings. The number of aliphatic imine (C=N–C) groups is 1. The summed E-state index contributed by atoms with van der Waals surface area (Å²) in [6, 6.07) is 16.7. The molecule has 0 aliphatic carbocycles. The van der Waals surface area contributed by atoms with Crippen molar-refractivity contribution >= 4 is 46.0 Å². The molecule has 26 heavy (non-hydrogen) atoms. The highest BCUT2D eigenvalue weighted by Crippen LogP contribution is 2.41. The van der Waals surface area contributed by atoms with Crippen LogP contribution in [0.4, 0.5) is 5.69 Å². The summed E-state index contributed by atoms with van der Waals surface area (Å²) in [7, 11) is 0. The summed E-state index contributed by atoms with van der Waals surface area (Å²) in [5, 5.41) is 4.24. The predicted molar refractivity (Wildman–Crippen MR) is 105 cm³/mol. The SMILES string of the molecule is O=C(OCc1ccccc1)C(=O)C1CSC(C2Nc3ccccc3S2)=N1. The minimum absolute atomic E-state index is 0.00413. The number of carbonyl (C=O) groups excluding carboxylic acids is 2. The molecule has 2 aromatic carbocycles. The van der Waals surface area contributed by atoms with Crippen molar-refractivity contribution in [3.63, 3.8) is 0 Å². The van der Waals surface area contributed by atoms with E-state index in [4.69, 9.17) is 4.74 Å². The van der Waals surface area contributed by atoms with E-state index in [9.17, 15) is 9.59 Å². The van der Waals surface area contributed by atoms with Gasteiger partial charge in [0.15, 0.2) is 0 Å². The van der Waals surface area contributed by atoms with Crippen molar-refractivity contribution < 1.29 is 14.3 Å². The van der Waals surface area contributed by atoms with Gasteiger partial charge in [0, 0.05) is 16.3 Å². The number of benzene rings is 2. The fourth-order valence-electron chi connectivity index (χ4n) is 2.70. The third kappa shape index (κ3) is 3.64. The lowest BCUT2D eigenvalue weighted by Crippen LogP contribution is -2.29. The van der Waals surface area contributed by atoms with Crippen molar-refractivity contribution in [3.05, 3.63) is 60.2 Å². The van der Waals surface area contributed by atoms with Gasteiger partial charge >= 0.3 is 5.97 Å². The van der Waals surface area contributed by atoms with Crippen LogP contribution in [-0.2, 0) is 20.9 Å². The number of carbonyl (C=O) groups is 2. The van der Waals surface area contributed by atoms with E-state index in [-0.39, 0.29) is 12.0 Å². The molecule has 4 rings (SSSR count). The third-order valence-corrected chi connectivity index (χ3v) is 6.49. The Kier molecular flexibility index (Phi) is 4.99. The maximum atomic E-state index is 12.3. The number of hydrogen-bond acceptors (Lipinski definition) is 7. The van der Waals surface area contributed by atoms with Gasteiger partial charge in [-0.1, -0.05) is 54.2 Å². The number of nitrogens with zero attached hydrogens (tertiary/aromatic N) is 1. The van der Waals surface area contributed by atoms with Gasteiger partial charge in [-0.3, -0.25) is 9.79 Å². The lowest BCUT2D eigenvalue weighted by atomic mass is 10.2. The minimum Gasteiger partial charge on any atom is -0.455 e. The maximum Gasteiger partial charge on any atom is 0.377 e. The molecular formula is C19H16N2O3S2. The van der Waals surface area contributed by atoms with Crippen molar-refractivity contribution in [2.45, 2.75) is 22.9 Å². The number of anilines is 1. The van der Waals surface area contributed by atoms with Crippen LogP contribution in [0.2, 0.25) is 0 Å². The van der Waals surface area contributed by atoms with Gasteiger partial charge in [-0.05, 0) is 17.7 Å². The van der Waals surface area contributed by atoms with Gasteiger partial charge in [0.05, 0.1) is 0 Å². The highest BCUT2D eigenvalue weighted by molar-refractivity contribution is 8.16. The van der Waals surface area contributed by atoms with E-state index in [0.717, 1.165) is 21.2 Å². The van der Waals surface area contributed by atoms with Crippen LogP contribution in [-0.4, -0.2) is 34.0 Å². The Labute approximate surface area is 159 Å². The normalized spacial score (nSPS) is 20.8. The summed E-state index contributed by atoms with van der Waals surface area (Å²) in [4.78, 5) is 30.0. The molecule has 2 heterocycles. The molecule has 7 heteroatoms. The van der Waals surface area contributed by atoms with Crippen LogP contribution in [0.3, 0.4) is 0 Å². The number of thioether (sulfide) groups is 2. The molecule has 0 spiro atoms. The van der Waals surface area contributed by atoms with Crippen molar-refractivity contribution in [3.8, 4) is 0 Å². The minimum atomic E-state index is -0.820. The molecule has 0 saturated heterocycles. The topological polar surface area (TPSA) is 67.8 Å². The number of esters is 1. The van der Waals surface area contributed by atoms with Crippen molar-refractivity contribution in [2.75, 3.05) is 11.1 Å². The Morgan fingerprint density at radius 2 is 1.88 bits per heavy atom. The van der Waals surface area contributed by atoms with Crippen LogP contribution in [0.5, 0.6) is 0 Å². The number of nitrogens with one attached hydrogen (secondary N) is 1. The zero-order chi connectivity index (χ0) is 17.9. The van der Waals surface area contributed by atoms with E-state index in [2.05, 4.69) is 16.4 Å². The number of ether oxygens (including phenoxy) is 1. The van der Waals surface area contributed by atoms with Crippen molar-refractivity contribution in [1.82, 2.24) is 0 Å². The number of Topliss-reactive ketones (excluding diaryl/α,β-unsaturated/α-hetero) is 1. The maximum absolute atomic E-state index is 12.3. The standard InChI is InChI=1S/C19H16N2O3S2/c22-16(19(23)24-10-12-6-2-1-3-7-12)14-11-25-17(21-14)18-20-13-8-4-5-9-15(13)26-18/h1-9,14,18,20H,10-11H2. The highest BCUT2D eigenvalue weighted by atomic mass is 32.2. The van der Waals surface area contributed by atoms with Crippen LogP contribution in [0.25, 0.3) is 0 Å². The zero-order valence-corrected chi connectivity index (χ0v) is 15.4. The van der Waals surface area contributed by atoms with Crippen LogP contribution in [0.15, 0.2) is 64.5 Å². The fourth-order valence-corrected chi connectivity index (χ4v) is 5.03. The highest BCUT2D eigenvalue weighted by Gasteiger charge is 2.35. The van der Waals surface area contributed by atoms with Gasteiger partial charge in [-0.15, -0.1) is 11.8 Å². The van der Waals surface area contributed by atoms with Crippen molar-refractivity contribution in [2.24, 2.45) is 4.99 Å². The smallest absolute Gasteiger partial charge is 0.377 e. The Morgan fingerprint density at radius 1 is 1.12 bits per heavy atom. The molecule has 0 amide bonds. The molecule has 0 radical (unpaired) electrons. The van der Waals surface area contributed by atoms with E-state index in [1.807, 2.05) is 48.5 Å². The Bertz CT molecular complexity index is 845. The molecule has 2 aliphatic heterocycles. The van der Waals surface area contributed by atoms with Crippen LogP contribution < -0.4 is 5.32 Å². The average molecular weight is 384 g/mol. The van der Waals surface area contributed by atoms with Gasteiger partial charge < -0.3 is 10.1 Å². The fraction of sp³-hybridized carbons (Fsp3) is 0.211. The van der Waals surface area contributed by atoms with Crippen LogP contribution in [0.1, 0.15) is 5.56 Å². The van der Waals surface area contributed by atoms with E-state index >= 15 is 0 Å². The Hall–Kier alpha value is -2.25. The number of ketones is 1. The predicted octanol–water partition coefficient (Wildman–Crippen LogP) is 3.36. The summed E-state index contributed by atoms with van der Waals surface area (Å²) in [6.07, 6.45) is 0.